The minimum Gasteiger partial charge on any atom is -0.480 e. The number of carboxylic acid groups (broad SMARTS) is 1. The van der Waals surface area contributed by atoms with Crippen molar-refractivity contribution in [3.8, 4) is 0 Å². The van der Waals surface area contributed by atoms with Gasteiger partial charge in [-0.15, -0.1) is 12.4 Å². The number of aromatic nitrogens is 2. The normalized spacial score (nSPS) is 10.5. The third-order valence-electron chi connectivity index (χ3n) is 2.97. The molecule has 0 aliphatic heterocycles. The first kappa shape index (κ1) is 18.1. The van der Waals surface area contributed by atoms with Crippen LogP contribution in [0, 0.1) is 0 Å². The predicted molar refractivity (Wildman–Crippen MR) is 84.0 cm³/mol. The van der Waals surface area contributed by atoms with Crippen LogP contribution in [0.25, 0.3) is 0 Å². The summed E-state index contributed by atoms with van der Waals surface area (Å²) in [4.78, 5) is 16.9. The molecule has 120 valence electrons. The molecule has 0 unspecified atom stereocenters. The Hall–Kier alpha value is -1.92. The van der Waals surface area contributed by atoms with Crippen molar-refractivity contribution in [2.75, 3.05) is 13.1 Å². The fourth-order valence-electron chi connectivity index (χ4n) is 2.12. The Labute approximate surface area is 135 Å². The van der Waals surface area contributed by atoms with Gasteiger partial charge in [-0.05, 0) is 18.5 Å². The van der Waals surface area contributed by atoms with Crippen LogP contribution in [0.3, 0.4) is 0 Å². The first-order chi connectivity index (χ1) is 10.2. The van der Waals surface area contributed by atoms with Gasteiger partial charge in [-0.1, -0.05) is 42.4 Å². The summed E-state index contributed by atoms with van der Waals surface area (Å²) in [6.07, 6.45) is 1.48. The topological polar surface area (TPSA) is 79.5 Å². The second kappa shape index (κ2) is 9.17. The summed E-state index contributed by atoms with van der Waals surface area (Å²) in [7, 11) is 0. The van der Waals surface area contributed by atoms with E-state index in [-0.39, 0.29) is 19.0 Å². The number of carboxylic acids is 1. The van der Waals surface area contributed by atoms with Gasteiger partial charge in [0.1, 0.15) is 0 Å². The number of rotatable bonds is 8. The standard InChI is InChI=1S/C15H19N3O3.ClH/c1-2-8-18(11-15(19)20)10-14-16-13(17-21-14)9-12-6-4-3-5-7-12;/h3-7H,2,8-11H2,1H3,(H,19,20);1H. The molecule has 2 aromatic rings. The second-order valence-electron chi connectivity index (χ2n) is 4.87. The van der Waals surface area contributed by atoms with Crippen LogP contribution in [0.15, 0.2) is 34.9 Å². The van der Waals surface area contributed by atoms with Crippen molar-refractivity contribution in [2.24, 2.45) is 0 Å². The quantitative estimate of drug-likeness (QED) is 0.802. The number of halogens is 1. The SMILES string of the molecule is CCCN(CC(=O)O)Cc1nc(Cc2ccccc2)no1.Cl. The molecule has 0 amide bonds. The van der Waals surface area contributed by atoms with E-state index in [2.05, 4.69) is 10.1 Å². The molecule has 0 aliphatic rings. The van der Waals surface area contributed by atoms with Crippen LogP contribution in [0.2, 0.25) is 0 Å². The Morgan fingerprint density at radius 2 is 2.05 bits per heavy atom. The molecular weight excluding hydrogens is 306 g/mol. The lowest BCUT2D eigenvalue weighted by Gasteiger charge is -2.16. The molecule has 0 atom stereocenters. The monoisotopic (exact) mass is 325 g/mol. The highest BCUT2D eigenvalue weighted by Crippen LogP contribution is 2.08. The van der Waals surface area contributed by atoms with Crippen molar-refractivity contribution >= 4 is 18.4 Å². The van der Waals surface area contributed by atoms with Crippen molar-refractivity contribution < 1.29 is 14.4 Å². The van der Waals surface area contributed by atoms with Crippen molar-refractivity contribution in [3.63, 3.8) is 0 Å². The Morgan fingerprint density at radius 1 is 1.32 bits per heavy atom. The molecule has 0 radical (unpaired) electrons. The molecule has 1 heterocycles. The average molecular weight is 326 g/mol. The van der Waals surface area contributed by atoms with Crippen LogP contribution in [0.4, 0.5) is 0 Å². The van der Waals surface area contributed by atoms with Crippen LogP contribution in [-0.4, -0.2) is 39.2 Å². The minimum absolute atomic E-state index is 0. The lowest BCUT2D eigenvalue weighted by molar-refractivity contribution is -0.138. The molecule has 0 aliphatic carbocycles. The van der Waals surface area contributed by atoms with Gasteiger partial charge in [0.25, 0.3) is 0 Å². The van der Waals surface area contributed by atoms with Crippen molar-refractivity contribution in [2.45, 2.75) is 26.3 Å². The largest absolute Gasteiger partial charge is 0.480 e. The maximum absolute atomic E-state index is 10.8. The highest BCUT2D eigenvalue weighted by atomic mass is 35.5. The third kappa shape index (κ3) is 5.83. The van der Waals surface area contributed by atoms with Crippen LogP contribution in [0.1, 0.15) is 30.6 Å². The average Bonchev–Trinajstić information content (AvgIpc) is 2.86. The van der Waals surface area contributed by atoms with Crippen LogP contribution in [-0.2, 0) is 17.8 Å². The van der Waals surface area contributed by atoms with E-state index in [9.17, 15) is 4.79 Å². The summed E-state index contributed by atoms with van der Waals surface area (Å²) in [5.74, 6) is 0.214. The molecule has 0 saturated heterocycles. The summed E-state index contributed by atoms with van der Waals surface area (Å²) in [6, 6.07) is 9.89. The zero-order chi connectivity index (χ0) is 15.1. The van der Waals surface area contributed by atoms with Gasteiger partial charge in [-0.2, -0.15) is 4.98 Å². The van der Waals surface area contributed by atoms with Crippen molar-refractivity contribution in [1.29, 1.82) is 0 Å². The summed E-state index contributed by atoms with van der Waals surface area (Å²) >= 11 is 0. The Bertz CT molecular complexity index is 574. The zero-order valence-electron chi connectivity index (χ0n) is 12.4. The van der Waals surface area contributed by atoms with Gasteiger partial charge in [0.2, 0.25) is 5.89 Å². The molecule has 6 nitrogen and oxygen atoms in total. The second-order valence-corrected chi connectivity index (χ2v) is 4.87. The summed E-state index contributed by atoms with van der Waals surface area (Å²) in [5, 5.41) is 12.8. The van der Waals surface area contributed by atoms with Gasteiger partial charge in [0, 0.05) is 6.42 Å². The van der Waals surface area contributed by atoms with Gasteiger partial charge in [0.15, 0.2) is 5.82 Å². The maximum atomic E-state index is 10.8. The molecule has 1 aromatic carbocycles. The first-order valence-corrected chi connectivity index (χ1v) is 6.97. The number of aliphatic carboxylic acids is 1. The molecule has 0 saturated carbocycles. The molecular formula is C15H20ClN3O3. The molecule has 7 heteroatoms. The Balaban J connectivity index is 0.00000242. The summed E-state index contributed by atoms with van der Waals surface area (Å²) in [6.45, 7) is 3.03. The van der Waals surface area contributed by atoms with Crippen molar-refractivity contribution in [3.05, 3.63) is 47.6 Å². The lowest BCUT2D eigenvalue weighted by atomic mass is 10.1. The Kier molecular flexibility index (Phi) is 7.56. The Morgan fingerprint density at radius 3 is 2.68 bits per heavy atom. The van der Waals surface area contributed by atoms with Crippen LogP contribution >= 0.6 is 12.4 Å². The highest BCUT2D eigenvalue weighted by Gasteiger charge is 2.14. The molecule has 0 bridgehead atoms. The third-order valence-corrected chi connectivity index (χ3v) is 2.97. The fourth-order valence-corrected chi connectivity index (χ4v) is 2.12. The van der Waals surface area contributed by atoms with Gasteiger partial charge < -0.3 is 9.63 Å². The number of carbonyl (C=O) groups is 1. The number of hydrogen-bond donors (Lipinski definition) is 1. The zero-order valence-corrected chi connectivity index (χ0v) is 13.3. The van der Waals surface area contributed by atoms with E-state index < -0.39 is 5.97 Å². The van der Waals surface area contributed by atoms with Gasteiger partial charge in [0.05, 0.1) is 13.1 Å². The van der Waals surface area contributed by atoms with Crippen molar-refractivity contribution in [1.82, 2.24) is 15.0 Å². The van der Waals surface area contributed by atoms with E-state index in [1.807, 2.05) is 37.3 Å². The van der Waals surface area contributed by atoms with Crippen LogP contribution in [0.5, 0.6) is 0 Å². The molecule has 22 heavy (non-hydrogen) atoms. The highest BCUT2D eigenvalue weighted by molar-refractivity contribution is 5.85. The number of hydrogen-bond acceptors (Lipinski definition) is 5. The van der Waals surface area contributed by atoms with Gasteiger partial charge in [-0.25, -0.2) is 0 Å². The van der Waals surface area contributed by atoms with E-state index in [4.69, 9.17) is 9.63 Å². The van der Waals surface area contributed by atoms with Crippen LogP contribution < -0.4 is 0 Å². The predicted octanol–water partition coefficient (Wildman–Crippen LogP) is 2.38. The van der Waals surface area contributed by atoms with Gasteiger partial charge in [-0.3, -0.25) is 9.69 Å². The molecule has 0 fully saturated rings. The molecule has 1 aromatic heterocycles. The minimum atomic E-state index is -0.854. The van der Waals surface area contributed by atoms with E-state index in [0.29, 0.717) is 31.2 Å². The van der Waals surface area contributed by atoms with Gasteiger partial charge >= 0.3 is 5.97 Å². The van der Waals surface area contributed by atoms with E-state index in [0.717, 1.165) is 12.0 Å². The number of nitrogens with zero attached hydrogens (tertiary/aromatic N) is 3. The summed E-state index contributed by atoms with van der Waals surface area (Å²) in [5.41, 5.74) is 1.11. The van der Waals surface area contributed by atoms with E-state index >= 15 is 0 Å². The molecule has 2 rings (SSSR count). The van der Waals surface area contributed by atoms with E-state index in [1.54, 1.807) is 4.90 Å². The molecule has 1 N–H and O–H groups in total. The first-order valence-electron chi connectivity index (χ1n) is 6.97. The maximum Gasteiger partial charge on any atom is 0.317 e. The number of benzene rings is 1. The fraction of sp³-hybridized carbons (Fsp3) is 0.400. The lowest BCUT2D eigenvalue weighted by Crippen LogP contribution is -2.30. The smallest absolute Gasteiger partial charge is 0.317 e. The van der Waals surface area contributed by atoms with E-state index in [1.165, 1.54) is 0 Å². The summed E-state index contributed by atoms with van der Waals surface area (Å²) < 4.78 is 5.20. The molecule has 0 spiro atoms.